The summed E-state index contributed by atoms with van der Waals surface area (Å²) >= 11 is 5.80. The summed E-state index contributed by atoms with van der Waals surface area (Å²) in [6.45, 7) is -0.430. The van der Waals surface area contributed by atoms with E-state index in [0.717, 1.165) is 4.90 Å². The Labute approximate surface area is 178 Å². The van der Waals surface area contributed by atoms with Gasteiger partial charge in [0.1, 0.15) is 12.3 Å². The number of hydrogen-bond acceptors (Lipinski definition) is 5. The van der Waals surface area contributed by atoms with E-state index < -0.39 is 28.5 Å². The van der Waals surface area contributed by atoms with Crippen molar-refractivity contribution < 1.29 is 22.7 Å². The van der Waals surface area contributed by atoms with Crippen molar-refractivity contribution in [2.75, 3.05) is 11.4 Å². The number of ether oxygens (including phenoxy) is 1. The molecule has 0 spiro atoms. The number of urea groups is 1. The van der Waals surface area contributed by atoms with Crippen LogP contribution in [-0.2, 0) is 14.8 Å². The Morgan fingerprint density at radius 3 is 2.17 bits per heavy atom. The highest BCUT2D eigenvalue weighted by molar-refractivity contribution is 7.90. The maximum atomic E-state index is 13.0. The lowest BCUT2D eigenvalue weighted by atomic mass is 10.2. The van der Waals surface area contributed by atoms with Gasteiger partial charge in [-0.15, -0.1) is 4.31 Å². The molecule has 30 heavy (non-hydrogen) atoms. The lowest BCUT2D eigenvalue weighted by Gasteiger charge is -2.20. The fourth-order valence-electron chi connectivity index (χ4n) is 3.00. The molecule has 3 aromatic carbocycles. The van der Waals surface area contributed by atoms with E-state index in [4.69, 9.17) is 16.3 Å². The zero-order valence-electron chi connectivity index (χ0n) is 15.4. The number of benzene rings is 3. The van der Waals surface area contributed by atoms with Crippen LogP contribution in [0.3, 0.4) is 0 Å². The Balaban J connectivity index is 1.68. The van der Waals surface area contributed by atoms with E-state index in [1.807, 2.05) is 6.07 Å². The van der Waals surface area contributed by atoms with Crippen LogP contribution in [0, 0.1) is 0 Å². The van der Waals surface area contributed by atoms with Crippen molar-refractivity contribution in [2.24, 2.45) is 0 Å². The number of amides is 3. The zero-order chi connectivity index (χ0) is 21.3. The first-order valence-electron chi connectivity index (χ1n) is 8.85. The normalized spacial score (nSPS) is 14.3. The maximum absolute atomic E-state index is 13.0. The van der Waals surface area contributed by atoms with E-state index in [2.05, 4.69) is 0 Å². The summed E-state index contributed by atoms with van der Waals surface area (Å²) in [5.41, 5.74) is 0.286. The number of sulfonamides is 1. The molecule has 1 aliphatic heterocycles. The molecule has 0 bridgehead atoms. The molecule has 3 amide bonds. The highest BCUT2D eigenvalue weighted by atomic mass is 35.5. The number of imide groups is 1. The molecule has 4 rings (SSSR count). The van der Waals surface area contributed by atoms with Gasteiger partial charge in [0, 0.05) is 5.02 Å². The van der Waals surface area contributed by atoms with Gasteiger partial charge in [0.25, 0.3) is 15.9 Å². The summed E-state index contributed by atoms with van der Waals surface area (Å²) in [6, 6.07) is 19.8. The average molecular weight is 443 g/mol. The van der Waals surface area contributed by atoms with Gasteiger partial charge in [0.05, 0.1) is 10.6 Å². The molecule has 3 aromatic rings. The van der Waals surface area contributed by atoms with Crippen LogP contribution < -0.4 is 9.64 Å². The van der Waals surface area contributed by atoms with Crippen LogP contribution in [0.5, 0.6) is 11.5 Å². The SMILES string of the molecule is O=C1CN(c2ccccc2Oc2ccccc2)C(=O)N1S(=O)(=O)c1ccc(Cl)cc1. The molecule has 0 aliphatic carbocycles. The van der Waals surface area contributed by atoms with Crippen LogP contribution in [0.4, 0.5) is 10.5 Å². The third-order valence-electron chi connectivity index (χ3n) is 4.40. The second-order valence-electron chi connectivity index (χ2n) is 6.37. The molecule has 1 saturated heterocycles. The number of carbonyl (C=O) groups excluding carboxylic acids is 2. The van der Waals surface area contributed by atoms with Gasteiger partial charge in [-0.05, 0) is 48.5 Å². The van der Waals surface area contributed by atoms with Gasteiger partial charge in [-0.3, -0.25) is 9.69 Å². The number of carbonyl (C=O) groups is 2. The predicted octanol–water partition coefficient (Wildman–Crippen LogP) is 4.29. The van der Waals surface area contributed by atoms with Gasteiger partial charge in [-0.1, -0.05) is 41.9 Å². The standard InChI is InChI=1S/C21H15ClN2O5S/c22-15-10-12-17(13-11-15)30(27,28)24-20(25)14-23(21(24)26)18-8-4-5-9-19(18)29-16-6-2-1-3-7-16/h1-13H,14H2. The molecule has 0 saturated carbocycles. The van der Waals surface area contributed by atoms with Crippen molar-refractivity contribution in [1.29, 1.82) is 0 Å². The molecule has 0 N–H and O–H groups in total. The molecular formula is C21H15ClN2O5S. The van der Waals surface area contributed by atoms with E-state index in [1.165, 1.54) is 24.3 Å². The number of halogens is 1. The van der Waals surface area contributed by atoms with Gasteiger partial charge >= 0.3 is 6.03 Å². The first kappa shape index (κ1) is 19.9. The third-order valence-corrected chi connectivity index (χ3v) is 6.36. The van der Waals surface area contributed by atoms with Crippen molar-refractivity contribution in [3.05, 3.63) is 83.9 Å². The second kappa shape index (κ2) is 7.81. The number of rotatable bonds is 5. The van der Waals surface area contributed by atoms with Crippen LogP contribution in [0.15, 0.2) is 83.8 Å². The highest BCUT2D eigenvalue weighted by Gasteiger charge is 2.46. The first-order valence-corrected chi connectivity index (χ1v) is 10.7. The van der Waals surface area contributed by atoms with Gasteiger partial charge in [0.2, 0.25) is 0 Å². The topological polar surface area (TPSA) is 84.0 Å². The number of nitrogens with zero attached hydrogens (tertiary/aromatic N) is 2. The largest absolute Gasteiger partial charge is 0.455 e. The van der Waals surface area contributed by atoms with Crippen LogP contribution in [-0.4, -0.2) is 31.2 Å². The molecule has 7 nitrogen and oxygen atoms in total. The molecule has 0 radical (unpaired) electrons. The highest BCUT2D eigenvalue weighted by Crippen LogP contribution is 2.35. The third kappa shape index (κ3) is 3.62. The van der Waals surface area contributed by atoms with E-state index in [0.29, 0.717) is 16.5 Å². The molecule has 1 heterocycles. The molecule has 0 unspecified atom stereocenters. The Kier molecular flexibility index (Phi) is 5.19. The molecule has 1 aliphatic rings. The fourth-order valence-corrected chi connectivity index (χ4v) is 4.45. The number of para-hydroxylation sites is 3. The van der Waals surface area contributed by atoms with Gasteiger partial charge in [-0.25, -0.2) is 13.2 Å². The zero-order valence-corrected chi connectivity index (χ0v) is 17.0. The van der Waals surface area contributed by atoms with Crippen molar-refractivity contribution >= 4 is 39.2 Å². The summed E-state index contributed by atoms with van der Waals surface area (Å²) in [6.07, 6.45) is 0. The number of anilines is 1. The summed E-state index contributed by atoms with van der Waals surface area (Å²) in [7, 11) is -4.37. The van der Waals surface area contributed by atoms with Crippen molar-refractivity contribution in [3.63, 3.8) is 0 Å². The minimum absolute atomic E-state index is 0.204. The summed E-state index contributed by atoms with van der Waals surface area (Å²) in [5.74, 6) is -0.00591. The molecule has 0 aromatic heterocycles. The van der Waals surface area contributed by atoms with Crippen LogP contribution in [0.25, 0.3) is 0 Å². The number of hydrogen-bond donors (Lipinski definition) is 0. The summed E-state index contributed by atoms with van der Waals surface area (Å²) < 4.78 is 31.9. The quantitative estimate of drug-likeness (QED) is 0.550. The van der Waals surface area contributed by atoms with Crippen LogP contribution in [0.2, 0.25) is 5.02 Å². The lowest BCUT2D eigenvalue weighted by molar-refractivity contribution is -0.121. The van der Waals surface area contributed by atoms with Crippen LogP contribution >= 0.6 is 11.6 Å². The van der Waals surface area contributed by atoms with E-state index >= 15 is 0 Å². The minimum Gasteiger partial charge on any atom is -0.455 e. The van der Waals surface area contributed by atoms with Gasteiger partial charge in [0.15, 0.2) is 5.75 Å². The second-order valence-corrected chi connectivity index (χ2v) is 8.59. The Morgan fingerprint density at radius 2 is 1.47 bits per heavy atom. The van der Waals surface area contributed by atoms with Gasteiger partial charge in [-0.2, -0.15) is 0 Å². The Hall–Kier alpha value is -3.36. The summed E-state index contributed by atoms with van der Waals surface area (Å²) in [4.78, 5) is 26.4. The van der Waals surface area contributed by atoms with E-state index in [-0.39, 0.29) is 14.9 Å². The minimum atomic E-state index is -4.37. The molecule has 9 heteroatoms. The van der Waals surface area contributed by atoms with E-state index in [1.54, 1.807) is 48.5 Å². The Bertz CT molecular complexity index is 1210. The van der Waals surface area contributed by atoms with Crippen molar-refractivity contribution in [1.82, 2.24) is 4.31 Å². The predicted molar refractivity (Wildman–Crippen MR) is 111 cm³/mol. The lowest BCUT2D eigenvalue weighted by Crippen LogP contribution is -2.38. The molecule has 1 fully saturated rings. The summed E-state index contributed by atoms with van der Waals surface area (Å²) in [5, 5.41) is 0.335. The molecular weight excluding hydrogens is 428 g/mol. The molecule has 0 atom stereocenters. The average Bonchev–Trinajstić information content (AvgIpc) is 3.04. The maximum Gasteiger partial charge on any atom is 0.346 e. The van der Waals surface area contributed by atoms with Crippen molar-refractivity contribution in [2.45, 2.75) is 4.90 Å². The molecule has 152 valence electrons. The van der Waals surface area contributed by atoms with E-state index in [9.17, 15) is 18.0 Å². The van der Waals surface area contributed by atoms with Crippen LogP contribution in [0.1, 0.15) is 0 Å². The smallest absolute Gasteiger partial charge is 0.346 e. The fraction of sp³-hybridized carbons (Fsp3) is 0.0476. The van der Waals surface area contributed by atoms with Crippen molar-refractivity contribution in [3.8, 4) is 11.5 Å². The first-order chi connectivity index (χ1) is 14.4. The Morgan fingerprint density at radius 1 is 0.833 bits per heavy atom. The van der Waals surface area contributed by atoms with Gasteiger partial charge < -0.3 is 4.74 Å². The monoisotopic (exact) mass is 442 g/mol.